The maximum Gasteiger partial charge on any atom is 0.312 e. The molecule has 0 saturated carbocycles. The first kappa shape index (κ1) is 27.5. The molecule has 0 bridgehead atoms. The summed E-state index contributed by atoms with van der Waals surface area (Å²) in [5.74, 6) is 0.00512. The van der Waals surface area contributed by atoms with E-state index >= 15 is 0 Å². The van der Waals surface area contributed by atoms with E-state index < -0.39 is 17.9 Å². The molecule has 0 radical (unpaired) electrons. The summed E-state index contributed by atoms with van der Waals surface area (Å²) in [6.07, 6.45) is 1.28. The molecule has 3 aromatic rings. The zero-order valence-electron chi connectivity index (χ0n) is 20.2. The van der Waals surface area contributed by atoms with Gasteiger partial charge in [0.25, 0.3) is 0 Å². The second-order valence-electron chi connectivity index (χ2n) is 9.05. The van der Waals surface area contributed by atoms with Crippen molar-refractivity contribution in [1.29, 1.82) is 0 Å². The molecule has 0 aromatic heterocycles. The first-order valence-corrected chi connectivity index (χ1v) is 13.5. The summed E-state index contributed by atoms with van der Waals surface area (Å²) in [4.78, 5) is 29.1. The number of halogens is 3. The number of likely N-dealkylation sites (N-methyl/N-ethyl adjacent to an activating group) is 1. The van der Waals surface area contributed by atoms with E-state index in [1.165, 1.54) is 4.90 Å². The fraction of sp³-hybridized carbons (Fsp3) is 0.286. The van der Waals surface area contributed by atoms with E-state index in [0.717, 1.165) is 28.4 Å². The van der Waals surface area contributed by atoms with Crippen LogP contribution in [0.2, 0.25) is 10.0 Å². The zero-order chi connectivity index (χ0) is 26.5. The topological polar surface area (TPSA) is 70.1 Å². The van der Waals surface area contributed by atoms with Gasteiger partial charge < -0.3 is 19.6 Å². The van der Waals surface area contributed by atoms with Crippen molar-refractivity contribution in [3.05, 3.63) is 92.4 Å². The lowest BCUT2D eigenvalue weighted by atomic mass is 10.0. The zero-order valence-corrected chi connectivity index (χ0v) is 23.3. The molecule has 2 atom stereocenters. The molecule has 2 amide bonds. The fourth-order valence-electron chi connectivity index (χ4n) is 4.43. The standard InChI is InChI=1S/C28H27BrCl2N2O4/c1-32(17-19-9-10-21(15-23(19)29)37-22-11-12-24(30)25(31)16-22)27(35)28(36)33-13-5-8-20(33)14-26(34)18-6-3-2-4-7-18/h2-4,6-7,9-12,15-16,20,26,34H,5,8,13-14,17H2,1H3. The summed E-state index contributed by atoms with van der Waals surface area (Å²) < 4.78 is 6.59. The summed E-state index contributed by atoms with van der Waals surface area (Å²) in [6.45, 7) is 0.748. The predicted octanol–water partition coefficient (Wildman–Crippen LogP) is 6.62. The summed E-state index contributed by atoms with van der Waals surface area (Å²) in [6, 6.07) is 19.6. The Bertz CT molecular complexity index is 1270. The van der Waals surface area contributed by atoms with Crippen molar-refractivity contribution in [2.24, 2.45) is 0 Å². The molecule has 194 valence electrons. The van der Waals surface area contributed by atoms with Gasteiger partial charge in [-0.1, -0.05) is 75.5 Å². The van der Waals surface area contributed by atoms with E-state index in [9.17, 15) is 14.7 Å². The monoisotopic (exact) mass is 604 g/mol. The van der Waals surface area contributed by atoms with E-state index in [1.807, 2.05) is 36.4 Å². The van der Waals surface area contributed by atoms with Gasteiger partial charge in [0, 0.05) is 36.7 Å². The maximum absolute atomic E-state index is 13.1. The molecule has 0 spiro atoms. The number of aliphatic hydroxyl groups is 1. The molecule has 1 aliphatic heterocycles. The Morgan fingerprint density at radius 2 is 1.78 bits per heavy atom. The molecule has 4 rings (SSSR count). The quantitative estimate of drug-likeness (QED) is 0.307. The molecular formula is C28H27BrCl2N2O4. The Balaban J connectivity index is 1.37. The third kappa shape index (κ3) is 6.85. The van der Waals surface area contributed by atoms with Gasteiger partial charge in [-0.15, -0.1) is 0 Å². The highest BCUT2D eigenvalue weighted by Crippen LogP contribution is 2.32. The second-order valence-corrected chi connectivity index (χ2v) is 10.7. The van der Waals surface area contributed by atoms with Crippen LogP contribution in [-0.4, -0.2) is 46.4 Å². The van der Waals surface area contributed by atoms with Gasteiger partial charge >= 0.3 is 11.8 Å². The van der Waals surface area contributed by atoms with Crippen LogP contribution in [0.25, 0.3) is 0 Å². The van der Waals surface area contributed by atoms with Gasteiger partial charge in [0.1, 0.15) is 11.5 Å². The number of amides is 2. The molecular weight excluding hydrogens is 579 g/mol. The van der Waals surface area contributed by atoms with Gasteiger partial charge in [-0.05, 0) is 54.7 Å². The van der Waals surface area contributed by atoms with Crippen LogP contribution in [0.1, 0.15) is 36.5 Å². The van der Waals surface area contributed by atoms with Crippen molar-refractivity contribution >= 4 is 50.9 Å². The minimum Gasteiger partial charge on any atom is -0.457 e. The minimum absolute atomic E-state index is 0.176. The highest BCUT2D eigenvalue weighted by molar-refractivity contribution is 9.10. The lowest BCUT2D eigenvalue weighted by Gasteiger charge is -2.28. The van der Waals surface area contributed by atoms with E-state index in [1.54, 1.807) is 42.3 Å². The van der Waals surface area contributed by atoms with Gasteiger partial charge in [0.2, 0.25) is 0 Å². The molecule has 37 heavy (non-hydrogen) atoms. The Kier molecular flexibility index (Phi) is 9.13. The predicted molar refractivity (Wildman–Crippen MR) is 148 cm³/mol. The van der Waals surface area contributed by atoms with Gasteiger partial charge in [-0.25, -0.2) is 0 Å². The lowest BCUT2D eigenvalue weighted by molar-refractivity contribution is -0.152. The van der Waals surface area contributed by atoms with Crippen LogP contribution in [0.4, 0.5) is 0 Å². The molecule has 1 heterocycles. The van der Waals surface area contributed by atoms with Crippen LogP contribution in [-0.2, 0) is 16.1 Å². The van der Waals surface area contributed by atoms with Crippen molar-refractivity contribution < 1.29 is 19.4 Å². The number of likely N-dealkylation sites (tertiary alicyclic amines) is 1. The van der Waals surface area contributed by atoms with Crippen LogP contribution < -0.4 is 4.74 Å². The highest BCUT2D eigenvalue weighted by Gasteiger charge is 2.35. The van der Waals surface area contributed by atoms with E-state index in [4.69, 9.17) is 27.9 Å². The maximum atomic E-state index is 13.1. The van der Waals surface area contributed by atoms with Crippen LogP contribution in [0, 0.1) is 0 Å². The van der Waals surface area contributed by atoms with Crippen LogP contribution in [0.15, 0.2) is 71.2 Å². The van der Waals surface area contributed by atoms with Crippen molar-refractivity contribution in [3.8, 4) is 11.5 Å². The number of benzene rings is 3. The number of rotatable bonds is 7. The normalized spacial score (nSPS) is 15.9. The lowest BCUT2D eigenvalue weighted by Crippen LogP contribution is -2.46. The molecule has 1 aliphatic rings. The number of aliphatic hydroxyl groups excluding tert-OH is 1. The summed E-state index contributed by atoms with van der Waals surface area (Å²) in [7, 11) is 1.61. The molecule has 0 aliphatic carbocycles. The van der Waals surface area contributed by atoms with Gasteiger partial charge in [-0.3, -0.25) is 9.59 Å². The number of hydrogen-bond donors (Lipinski definition) is 1. The molecule has 1 fully saturated rings. The number of carbonyl (C=O) groups excluding carboxylic acids is 2. The number of carbonyl (C=O) groups is 2. The van der Waals surface area contributed by atoms with Crippen molar-refractivity contribution in [1.82, 2.24) is 9.80 Å². The summed E-state index contributed by atoms with van der Waals surface area (Å²) >= 11 is 15.6. The average Bonchev–Trinajstić information content (AvgIpc) is 3.35. The first-order chi connectivity index (χ1) is 17.7. The van der Waals surface area contributed by atoms with Crippen molar-refractivity contribution in [2.45, 2.75) is 38.0 Å². The summed E-state index contributed by atoms with van der Waals surface area (Å²) in [5, 5.41) is 11.5. The third-order valence-corrected chi connectivity index (χ3v) is 7.88. The van der Waals surface area contributed by atoms with E-state index in [-0.39, 0.29) is 12.6 Å². The molecule has 2 unspecified atom stereocenters. The Morgan fingerprint density at radius 1 is 1.08 bits per heavy atom. The van der Waals surface area contributed by atoms with E-state index in [0.29, 0.717) is 34.5 Å². The Labute approximate surface area is 234 Å². The molecule has 1 saturated heterocycles. The van der Waals surface area contributed by atoms with Gasteiger partial charge in [-0.2, -0.15) is 0 Å². The number of hydrogen-bond acceptors (Lipinski definition) is 4. The largest absolute Gasteiger partial charge is 0.457 e. The molecule has 9 heteroatoms. The van der Waals surface area contributed by atoms with Crippen LogP contribution in [0.5, 0.6) is 11.5 Å². The molecule has 1 N–H and O–H groups in total. The fourth-order valence-corrected chi connectivity index (χ4v) is 5.20. The molecule has 3 aromatic carbocycles. The SMILES string of the molecule is CN(Cc1ccc(Oc2ccc(Cl)c(Cl)c2)cc1Br)C(=O)C(=O)N1CCCC1CC(O)c1ccccc1. The minimum atomic E-state index is -0.687. The number of nitrogens with zero attached hydrogens (tertiary/aromatic N) is 2. The van der Waals surface area contributed by atoms with Crippen LogP contribution >= 0.6 is 39.1 Å². The van der Waals surface area contributed by atoms with Gasteiger partial charge in [0.05, 0.1) is 16.1 Å². The van der Waals surface area contributed by atoms with Gasteiger partial charge in [0.15, 0.2) is 0 Å². The average molecular weight is 606 g/mol. The Hall–Kier alpha value is -2.58. The first-order valence-electron chi connectivity index (χ1n) is 11.9. The molecule has 6 nitrogen and oxygen atoms in total. The summed E-state index contributed by atoms with van der Waals surface area (Å²) in [5.41, 5.74) is 1.63. The number of ether oxygens (including phenoxy) is 1. The van der Waals surface area contributed by atoms with E-state index in [2.05, 4.69) is 15.9 Å². The third-order valence-electron chi connectivity index (χ3n) is 6.41. The highest BCUT2D eigenvalue weighted by atomic mass is 79.9. The second kappa shape index (κ2) is 12.3. The van der Waals surface area contributed by atoms with Crippen molar-refractivity contribution in [3.63, 3.8) is 0 Å². The Morgan fingerprint density at radius 3 is 2.49 bits per heavy atom. The van der Waals surface area contributed by atoms with Crippen molar-refractivity contribution in [2.75, 3.05) is 13.6 Å². The van der Waals surface area contributed by atoms with Crippen LogP contribution in [0.3, 0.4) is 0 Å². The smallest absolute Gasteiger partial charge is 0.312 e.